The van der Waals surface area contributed by atoms with E-state index in [1.807, 2.05) is 30.5 Å². The Balaban J connectivity index is 1.59. The number of piperidine rings is 1. The Kier molecular flexibility index (Phi) is 5.22. The fourth-order valence-electron chi connectivity index (χ4n) is 3.70. The summed E-state index contributed by atoms with van der Waals surface area (Å²) in [7, 11) is 0. The Morgan fingerprint density at radius 3 is 2.93 bits per heavy atom. The third-order valence-electron chi connectivity index (χ3n) is 4.99. The summed E-state index contributed by atoms with van der Waals surface area (Å²) in [4.78, 5) is 21.0. The highest BCUT2D eigenvalue weighted by Gasteiger charge is 2.22. The van der Waals surface area contributed by atoms with Crippen molar-refractivity contribution in [2.45, 2.75) is 39.2 Å². The number of nitrogens with one attached hydrogen (secondary N) is 1. The van der Waals surface area contributed by atoms with E-state index >= 15 is 0 Å². The van der Waals surface area contributed by atoms with Crippen molar-refractivity contribution in [3.8, 4) is 10.6 Å². The lowest BCUT2D eigenvalue weighted by Crippen LogP contribution is -2.43. The minimum absolute atomic E-state index is 0.0733. The number of aromatic nitrogens is 2. The maximum atomic E-state index is 13.1. The molecule has 1 aliphatic rings. The number of nitrogens with zero attached hydrogens (tertiary/aromatic N) is 3. The Bertz CT molecular complexity index is 929. The molecular formula is C20H24N4O2S. The summed E-state index contributed by atoms with van der Waals surface area (Å²) >= 11 is 1.59. The largest absolute Gasteiger partial charge is 0.348 e. The number of rotatable bonds is 5. The van der Waals surface area contributed by atoms with E-state index in [2.05, 4.69) is 27.3 Å². The van der Waals surface area contributed by atoms with Gasteiger partial charge in [0.05, 0.1) is 27.2 Å². The lowest BCUT2D eigenvalue weighted by molar-refractivity contribution is 0.0927. The normalized spacial score (nSPS) is 16.5. The first kappa shape index (κ1) is 18.1. The Morgan fingerprint density at radius 1 is 1.37 bits per heavy atom. The molecule has 0 unspecified atom stereocenters. The fraction of sp³-hybridized carbons (Fsp3) is 0.450. The molecule has 1 fully saturated rings. The zero-order valence-electron chi connectivity index (χ0n) is 15.7. The number of pyridine rings is 1. The highest BCUT2D eigenvalue weighted by molar-refractivity contribution is 7.13. The standard InChI is InChI=1S/C20H24N4O2S/c1-13(12-24-8-4-3-5-9-24)21-19(25)15-11-16(17-7-6-10-27-17)22-20-18(15)14(2)23-26-20/h6-7,10-11,13H,3-5,8-9,12H2,1-2H3,(H,21,25)/t13-/m0/s1. The van der Waals surface area contributed by atoms with Gasteiger partial charge >= 0.3 is 0 Å². The van der Waals surface area contributed by atoms with Gasteiger partial charge in [-0.1, -0.05) is 17.6 Å². The summed E-state index contributed by atoms with van der Waals surface area (Å²) < 4.78 is 5.36. The van der Waals surface area contributed by atoms with E-state index in [0.29, 0.717) is 22.4 Å². The van der Waals surface area contributed by atoms with Gasteiger partial charge in [-0.15, -0.1) is 11.3 Å². The van der Waals surface area contributed by atoms with E-state index in [4.69, 9.17) is 4.52 Å². The smallest absolute Gasteiger partial charge is 0.259 e. The molecule has 3 aromatic heterocycles. The lowest BCUT2D eigenvalue weighted by atomic mass is 10.1. The van der Waals surface area contributed by atoms with Crippen molar-refractivity contribution in [2.24, 2.45) is 0 Å². The van der Waals surface area contributed by atoms with E-state index in [0.717, 1.165) is 30.2 Å². The van der Waals surface area contributed by atoms with Crippen LogP contribution in [0.5, 0.6) is 0 Å². The van der Waals surface area contributed by atoms with Crippen molar-refractivity contribution in [2.75, 3.05) is 19.6 Å². The topological polar surface area (TPSA) is 71.3 Å². The first-order chi connectivity index (χ1) is 13.1. The van der Waals surface area contributed by atoms with Crippen LogP contribution in [-0.4, -0.2) is 46.6 Å². The van der Waals surface area contributed by atoms with Gasteiger partial charge in [-0.2, -0.15) is 0 Å². The monoisotopic (exact) mass is 384 g/mol. The Hall–Kier alpha value is -2.25. The molecular weight excluding hydrogens is 360 g/mol. The number of fused-ring (bicyclic) bond motifs is 1. The predicted octanol–water partition coefficient (Wildman–Crippen LogP) is 3.86. The molecule has 1 atom stereocenters. The molecule has 0 aliphatic carbocycles. The highest BCUT2D eigenvalue weighted by Crippen LogP contribution is 2.29. The number of aryl methyl sites for hydroxylation is 1. The maximum absolute atomic E-state index is 13.1. The lowest BCUT2D eigenvalue weighted by Gasteiger charge is -2.29. The minimum atomic E-state index is -0.101. The maximum Gasteiger partial charge on any atom is 0.259 e. The fourth-order valence-corrected chi connectivity index (χ4v) is 4.39. The highest BCUT2D eigenvalue weighted by atomic mass is 32.1. The average molecular weight is 385 g/mol. The molecule has 0 bridgehead atoms. The average Bonchev–Trinajstić information content (AvgIpc) is 3.32. The van der Waals surface area contributed by atoms with Crippen LogP contribution in [0.15, 0.2) is 28.1 Å². The van der Waals surface area contributed by atoms with Crippen LogP contribution < -0.4 is 5.32 Å². The molecule has 7 heteroatoms. The molecule has 27 heavy (non-hydrogen) atoms. The van der Waals surface area contributed by atoms with Gasteiger partial charge in [0, 0.05) is 12.6 Å². The van der Waals surface area contributed by atoms with Gasteiger partial charge in [0.2, 0.25) is 0 Å². The second-order valence-electron chi connectivity index (χ2n) is 7.22. The van der Waals surface area contributed by atoms with E-state index in [1.54, 1.807) is 11.3 Å². The van der Waals surface area contributed by atoms with Crippen LogP contribution in [0, 0.1) is 6.92 Å². The third-order valence-corrected chi connectivity index (χ3v) is 5.89. The van der Waals surface area contributed by atoms with Crippen molar-refractivity contribution in [3.05, 3.63) is 34.8 Å². The molecule has 1 saturated heterocycles. The van der Waals surface area contributed by atoms with Gasteiger partial charge in [-0.3, -0.25) is 4.79 Å². The number of amides is 1. The van der Waals surface area contributed by atoms with Gasteiger partial charge in [0.1, 0.15) is 0 Å². The molecule has 4 rings (SSSR count). The SMILES string of the molecule is Cc1noc2nc(-c3cccs3)cc(C(=O)N[C@@H](C)CN3CCCCC3)c12. The molecule has 3 aromatic rings. The quantitative estimate of drug-likeness (QED) is 0.723. The van der Waals surface area contributed by atoms with E-state index < -0.39 is 0 Å². The number of carbonyl (C=O) groups excluding carboxylic acids is 1. The van der Waals surface area contributed by atoms with Crippen LogP contribution in [0.2, 0.25) is 0 Å². The molecule has 0 spiro atoms. The molecule has 6 nitrogen and oxygen atoms in total. The number of carbonyl (C=O) groups is 1. The van der Waals surface area contributed by atoms with Crippen LogP contribution in [0.3, 0.4) is 0 Å². The number of hydrogen-bond acceptors (Lipinski definition) is 6. The summed E-state index contributed by atoms with van der Waals surface area (Å²) in [5.41, 5.74) is 2.41. The molecule has 0 radical (unpaired) electrons. The summed E-state index contributed by atoms with van der Waals surface area (Å²) in [5, 5.41) is 9.85. The molecule has 4 heterocycles. The molecule has 1 N–H and O–H groups in total. The zero-order chi connectivity index (χ0) is 18.8. The van der Waals surface area contributed by atoms with Gasteiger partial charge in [0.15, 0.2) is 0 Å². The zero-order valence-corrected chi connectivity index (χ0v) is 16.5. The summed E-state index contributed by atoms with van der Waals surface area (Å²) in [5.74, 6) is -0.101. The van der Waals surface area contributed by atoms with Gasteiger partial charge in [-0.05, 0) is 57.3 Å². The van der Waals surface area contributed by atoms with E-state index in [1.165, 1.54) is 19.3 Å². The molecule has 1 amide bonds. The summed E-state index contributed by atoms with van der Waals surface area (Å²) in [6.07, 6.45) is 3.80. The predicted molar refractivity (Wildman–Crippen MR) is 107 cm³/mol. The Morgan fingerprint density at radius 2 is 2.19 bits per heavy atom. The number of likely N-dealkylation sites (tertiary alicyclic amines) is 1. The van der Waals surface area contributed by atoms with Crippen molar-refractivity contribution in [1.82, 2.24) is 20.4 Å². The second kappa shape index (κ2) is 7.78. The van der Waals surface area contributed by atoms with Gasteiger partial charge < -0.3 is 14.7 Å². The minimum Gasteiger partial charge on any atom is -0.348 e. The van der Waals surface area contributed by atoms with E-state index in [-0.39, 0.29) is 11.9 Å². The van der Waals surface area contributed by atoms with Crippen LogP contribution in [0.25, 0.3) is 21.7 Å². The van der Waals surface area contributed by atoms with Crippen LogP contribution in [0.4, 0.5) is 0 Å². The van der Waals surface area contributed by atoms with Gasteiger partial charge in [0.25, 0.3) is 11.6 Å². The number of hydrogen-bond donors (Lipinski definition) is 1. The van der Waals surface area contributed by atoms with E-state index in [9.17, 15) is 4.79 Å². The summed E-state index contributed by atoms with van der Waals surface area (Å²) in [6.45, 7) is 7.01. The van der Waals surface area contributed by atoms with Crippen molar-refractivity contribution in [1.29, 1.82) is 0 Å². The van der Waals surface area contributed by atoms with Crippen LogP contribution >= 0.6 is 11.3 Å². The van der Waals surface area contributed by atoms with Crippen LogP contribution in [0.1, 0.15) is 42.2 Å². The summed E-state index contributed by atoms with van der Waals surface area (Å²) in [6, 6.07) is 5.88. The number of thiophene rings is 1. The van der Waals surface area contributed by atoms with Crippen molar-refractivity contribution in [3.63, 3.8) is 0 Å². The molecule has 0 saturated carbocycles. The van der Waals surface area contributed by atoms with Crippen molar-refractivity contribution >= 4 is 28.3 Å². The van der Waals surface area contributed by atoms with Gasteiger partial charge in [-0.25, -0.2) is 4.98 Å². The first-order valence-electron chi connectivity index (χ1n) is 9.46. The second-order valence-corrected chi connectivity index (χ2v) is 8.16. The first-order valence-corrected chi connectivity index (χ1v) is 10.3. The molecule has 0 aromatic carbocycles. The third kappa shape index (κ3) is 3.89. The molecule has 1 aliphatic heterocycles. The van der Waals surface area contributed by atoms with Crippen LogP contribution in [-0.2, 0) is 0 Å². The Labute approximate surface area is 162 Å². The van der Waals surface area contributed by atoms with Crippen molar-refractivity contribution < 1.29 is 9.32 Å². The molecule has 142 valence electrons.